The van der Waals surface area contributed by atoms with E-state index < -0.39 is 38.7 Å². The molecule has 0 saturated carbocycles. The van der Waals surface area contributed by atoms with Gasteiger partial charge in [0.2, 0.25) is 0 Å². The second kappa shape index (κ2) is 12.5. The fourth-order valence-corrected chi connectivity index (χ4v) is 6.01. The normalized spacial score (nSPS) is 11.6. The van der Waals surface area contributed by atoms with E-state index >= 15 is 0 Å². The average molecular weight is 591 g/mol. The van der Waals surface area contributed by atoms with Crippen molar-refractivity contribution in [3.63, 3.8) is 0 Å². The van der Waals surface area contributed by atoms with Gasteiger partial charge in [0.1, 0.15) is 6.09 Å². The van der Waals surface area contributed by atoms with E-state index in [1.54, 1.807) is 26.0 Å². The maximum absolute atomic E-state index is 13.4. The van der Waals surface area contributed by atoms with E-state index in [0.29, 0.717) is 10.2 Å². The predicted octanol–water partition coefficient (Wildman–Crippen LogP) is 0.522. The number of urea groups is 1. The third-order valence-electron chi connectivity index (χ3n) is 5.37. The Labute approximate surface area is 266 Å². The zero-order valence-corrected chi connectivity index (χ0v) is 26.4. The molecule has 3 rings (SSSR count). The average Bonchev–Trinajstić information content (AvgIpc) is 3.18. The number of carbonyl (C=O) groups excluding carboxylic acids is 3. The number of benzene rings is 2. The maximum atomic E-state index is 13.4. The van der Waals surface area contributed by atoms with Crippen molar-refractivity contribution in [3.05, 3.63) is 53.1 Å². The zero-order valence-electron chi connectivity index (χ0n) is 20.9. The first-order valence-corrected chi connectivity index (χ1v) is 13.4. The molecule has 0 radical (unpaired) electrons. The van der Waals surface area contributed by atoms with Gasteiger partial charge in [-0.15, -0.1) is 0 Å². The predicted molar refractivity (Wildman–Crippen MR) is 136 cm³/mol. The van der Waals surface area contributed by atoms with Crippen LogP contribution in [-0.4, -0.2) is 53.7 Å². The molecule has 0 aliphatic rings. The number of carboxylic acid groups (broad SMARTS) is 1. The summed E-state index contributed by atoms with van der Waals surface area (Å²) in [6.07, 6.45) is -1.45. The van der Waals surface area contributed by atoms with Gasteiger partial charge in [-0.3, -0.25) is 15.4 Å². The minimum atomic E-state index is -3.97. The molecule has 1 heterocycles. The molecule has 0 aliphatic heterocycles. The van der Waals surface area contributed by atoms with Crippen molar-refractivity contribution in [2.45, 2.75) is 43.4 Å². The van der Waals surface area contributed by atoms with Crippen LogP contribution in [-0.2, 0) is 9.84 Å². The number of sulfone groups is 1. The Morgan fingerprint density at radius 2 is 1.81 bits per heavy atom. The minimum Gasteiger partial charge on any atom is -0.530 e. The van der Waals surface area contributed by atoms with Crippen molar-refractivity contribution in [2.24, 2.45) is 0 Å². The van der Waals surface area contributed by atoms with Crippen molar-refractivity contribution in [1.82, 2.24) is 15.2 Å². The molecule has 0 bridgehead atoms. The van der Waals surface area contributed by atoms with Crippen LogP contribution in [0.4, 0.5) is 14.7 Å². The molecule has 0 atom stereocenters. The Morgan fingerprint density at radius 3 is 2.41 bits per heavy atom. The number of thiazole rings is 1. The van der Waals surface area contributed by atoms with Crippen molar-refractivity contribution >= 4 is 66.2 Å². The molecule has 0 unspecified atom stereocenters. The molecule has 1 aromatic heterocycles. The second-order valence-electron chi connectivity index (χ2n) is 8.79. The molecule has 2 aromatic carbocycles. The Kier molecular flexibility index (Phi) is 10.7. The van der Waals surface area contributed by atoms with Gasteiger partial charge in [-0.25, -0.2) is 18.2 Å². The van der Waals surface area contributed by atoms with E-state index in [9.17, 15) is 27.9 Å². The monoisotopic (exact) mass is 590 g/mol. The molecule has 2 N–H and O–H groups in total. The van der Waals surface area contributed by atoms with Crippen LogP contribution in [0.3, 0.4) is 0 Å². The van der Waals surface area contributed by atoms with Crippen LogP contribution in [0.2, 0.25) is 5.02 Å². The molecule has 192 valence electrons. The van der Waals surface area contributed by atoms with E-state index in [1.807, 2.05) is 0 Å². The van der Waals surface area contributed by atoms with Gasteiger partial charge in [-0.1, -0.05) is 35.1 Å². The van der Waals surface area contributed by atoms with Crippen LogP contribution in [0.1, 0.15) is 38.1 Å². The number of imide groups is 1. The summed E-state index contributed by atoms with van der Waals surface area (Å²) < 4.78 is 25.7. The van der Waals surface area contributed by atoms with Gasteiger partial charge in [0.15, 0.2) is 15.0 Å². The molecule has 10 nitrogen and oxygen atoms in total. The molecule has 0 spiro atoms. The Hall–Kier alpha value is -1.58. The first-order chi connectivity index (χ1) is 16.7. The second-order valence-corrected chi connectivity index (χ2v) is 12.8. The number of anilines is 1. The number of hydrogen-bond donors (Lipinski definition) is 2. The van der Waals surface area contributed by atoms with Crippen molar-refractivity contribution in [2.75, 3.05) is 11.9 Å². The summed E-state index contributed by atoms with van der Waals surface area (Å²) in [6.45, 7) is 5.89. The first kappa shape index (κ1) is 31.6. The molecule has 37 heavy (non-hydrogen) atoms. The van der Waals surface area contributed by atoms with E-state index in [-0.39, 0.29) is 78.5 Å². The molecule has 0 aliphatic carbocycles. The van der Waals surface area contributed by atoms with Crippen LogP contribution >= 0.6 is 22.9 Å². The number of aromatic nitrogens is 1. The van der Waals surface area contributed by atoms with Gasteiger partial charge in [-0.05, 0) is 58.0 Å². The van der Waals surface area contributed by atoms with Crippen molar-refractivity contribution in [1.29, 1.82) is 0 Å². The number of nitrogens with one attached hydrogen (secondary N) is 2. The van der Waals surface area contributed by atoms with Gasteiger partial charge in [0.05, 0.1) is 30.4 Å². The van der Waals surface area contributed by atoms with Crippen LogP contribution in [0.15, 0.2) is 47.4 Å². The summed E-state index contributed by atoms with van der Waals surface area (Å²) in [5, 5.41) is 16.4. The van der Waals surface area contributed by atoms with Crippen molar-refractivity contribution < 1.29 is 79.3 Å². The summed E-state index contributed by atoms with van der Waals surface area (Å²) in [7, 11) is -3.97. The largest absolute Gasteiger partial charge is 1.00 e. The van der Waals surface area contributed by atoms with Gasteiger partial charge in [0, 0.05) is 12.6 Å². The van der Waals surface area contributed by atoms with Crippen LogP contribution in [0.25, 0.3) is 10.2 Å². The fraction of sp³-hybridized carbons (Fsp3) is 0.304. The molecular weight excluding hydrogens is 567 g/mol. The summed E-state index contributed by atoms with van der Waals surface area (Å²) in [5.41, 5.74) is 0.564. The Balaban J connectivity index is 0.00000481. The molecular formula is C23H24ClKN4O6S2. The SMILES string of the molecule is CC(C)N(CC(C)(C)S(=O)(=O)c1ccc2nc(NC(=O)NC(=O)c3ccccc3Cl)sc2c1)C(=O)[O-].[K+]. The van der Waals surface area contributed by atoms with Crippen LogP contribution < -0.4 is 67.1 Å². The minimum absolute atomic E-state index is 0. The number of rotatable bonds is 7. The topological polar surface area (TPSA) is 149 Å². The van der Waals surface area contributed by atoms with E-state index in [0.717, 1.165) is 16.2 Å². The standard InChI is InChI=1S/C23H25ClN4O6S2.K/c1-13(2)28(22(31)32)12-23(3,4)36(33,34)14-9-10-17-18(11-14)35-21(25-17)27-20(30)26-19(29)15-7-5-6-8-16(15)24;/h5-11,13H,12H2,1-4H3,(H,31,32)(H2,25,26,27,29,30);/q;+1/p-1. The van der Waals surface area contributed by atoms with Crippen LogP contribution in [0, 0.1) is 0 Å². The molecule has 0 fully saturated rings. The number of carbonyl (C=O) groups is 3. The third kappa shape index (κ3) is 7.29. The number of nitrogens with zero attached hydrogens (tertiary/aromatic N) is 2. The van der Waals surface area contributed by atoms with Crippen molar-refractivity contribution in [3.8, 4) is 0 Å². The van der Waals surface area contributed by atoms with Gasteiger partial charge >= 0.3 is 57.4 Å². The first-order valence-electron chi connectivity index (χ1n) is 10.7. The Morgan fingerprint density at radius 1 is 1.16 bits per heavy atom. The molecule has 0 saturated heterocycles. The summed E-state index contributed by atoms with van der Waals surface area (Å²) in [6, 6.07) is 9.25. The van der Waals surface area contributed by atoms with Crippen LogP contribution in [0.5, 0.6) is 0 Å². The van der Waals surface area contributed by atoms with E-state index in [1.165, 1.54) is 44.2 Å². The van der Waals surface area contributed by atoms with Gasteiger partial charge in [-0.2, -0.15) is 0 Å². The van der Waals surface area contributed by atoms with E-state index in [4.69, 9.17) is 11.6 Å². The van der Waals surface area contributed by atoms with Gasteiger partial charge < -0.3 is 14.8 Å². The molecule has 4 amide bonds. The Bertz CT molecular complexity index is 1440. The number of hydrogen-bond acceptors (Lipinski definition) is 8. The molecule has 3 aromatic rings. The quantitative estimate of drug-likeness (QED) is 0.381. The molecule has 14 heteroatoms. The smallest absolute Gasteiger partial charge is 0.530 e. The fourth-order valence-electron chi connectivity index (χ4n) is 3.34. The van der Waals surface area contributed by atoms with E-state index in [2.05, 4.69) is 15.6 Å². The maximum Gasteiger partial charge on any atom is 1.00 e. The number of fused-ring (bicyclic) bond motifs is 1. The third-order valence-corrected chi connectivity index (χ3v) is 9.09. The zero-order chi connectivity index (χ0) is 26.8. The summed E-state index contributed by atoms with van der Waals surface area (Å²) in [5.74, 6) is -0.693. The number of halogens is 1. The summed E-state index contributed by atoms with van der Waals surface area (Å²) >= 11 is 6.99. The van der Waals surface area contributed by atoms with Gasteiger partial charge in [0.25, 0.3) is 5.91 Å². The number of amides is 4. The summed E-state index contributed by atoms with van der Waals surface area (Å²) in [4.78, 5) is 41.2.